The zero-order valence-corrected chi connectivity index (χ0v) is 14.4. The van der Waals surface area contributed by atoms with Gasteiger partial charge in [-0.15, -0.1) is 0 Å². The molecule has 0 spiro atoms. The first kappa shape index (κ1) is 19.8. The average Bonchev–Trinajstić information content (AvgIpc) is 2.93. The zero-order chi connectivity index (χ0) is 18.0. The first-order chi connectivity index (χ1) is 11.3. The molecule has 2 amide bonds. The van der Waals surface area contributed by atoms with Gasteiger partial charge in [-0.1, -0.05) is 18.2 Å². The number of nitrogens with zero attached hydrogens (tertiary/aromatic N) is 1. The number of carbonyl (C=O) groups excluding carboxylic acids is 2. The van der Waals surface area contributed by atoms with Crippen molar-refractivity contribution in [3.8, 4) is 0 Å². The van der Waals surface area contributed by atoms with Crippen LogP contribution in [0.15, 0.2) is 30.3 Å². The molecule has 24 heavy (non-hydrogen) atoms. The van der Waals surface area contributed by atoms with Gasteiger partial charge in [0.2, 0.25) is 0 Å². The third-order valence-electron chi connectivity index (χ3n) is 2.83. The Morgan fingerprint density at radius 2 is 2.00 bits per heavy atom. The van der Waals surface area contributed by atoms with Crippen LogP contribution < -0.4 is 10.2 Å². The third-order valence-corrected chi connectivity index (χ3v) is 2.83. The van der Waals surface area contributed by atoms with Gasteiger partial charge in [0.25, 0.3) is 0 Å². The van der Waals surface area contributed by atoms with Crippen LogP contribution in [-0.2, 0) is 9.47 Å². The first-order valence-electron chi connectivity index (χ1n) is 7.90. The van der Waals surface area contributed by atoms with E-state index in [1.165, 1.54) is 0 Å². The number of alkyl carbamates (subject to hydrolysis) is 1. The molecule has 134 valence electrons. The number of aliphatic hydroxyl groups excluding tert-OH is 1. The lowest BCUT2D eigenvalue weighted by molar-refractivity contribution is 0.0525. The number of hydrogen-bond acceptors (Lipinski definition) is 5. The van der Waals surface area contributed by atoms with Gasteiger partial charge in [-0.3, -0.25) is 4.90 Å². The lowest BCUT2D eigenvalue weighted by atomic mass is 10.2. The number of rotatable bonds is 4. The Morgan fingerprint density at radius 1 is 1.33 bits per heavy atom. The molecule has 7 heteroatoms. The Balaban J connectivity index is 0.000000240. The molecule has 1 fully saturated rings. The Bertz CT molecular complexity index is 513. The Morgan fingerprint density at radius 3 is 2.50 bits per heavy atom. The quantitative estimate of drug-likeness (QED) is 0.824. The lowest BCUT2D eigenvalue weighted by Crippen LogP contribution is -2.33. The molecule has 1 aliphatic heterocycles. The summed E-state index contributed by atoms with van der Waals surface area (Å²) >= 11 is 0. The first-order valence-corrected chi connectivity index (χ1v) is 7.90. The van der Waals surface area contributed by atoms with Crippen molar-refractivity contribution in [2.24, 2.45) is 0 Å². The summed E-state index contributed by atoms with van der Waals surface area (Å²) in [6.45, 7) is 7.09. The van der Waals surface area contributed by atoms with E-state index in [2.05, 4.69) is 5.32 Å². The zero-order valence-electron chi connectivity index (χ0n) is 14.4. The minimum absolute atomic E-state index is 0.0792. The second kappa shape index (κ2) is 9.77. The van der Waals surface area contributed by atoms with Gasteiger partial charge >= 0.3 is 12.2 Å². The van der Waals surface area contributed by atoms with Crippen molar-refractivity contribution in [3.05, 3.63) is 30.3 Å². The van der Waals surface area contributed by atoms with Gasteiger partial charge in [0.15, 0.2) is 0 Å². The predicted octanol–water partition coefficient (Wildman–Crippen LogP) is 2.54. The van der Waals surface area contributed by atoms with E-state index < -0.39 is 11.7 Å². The minimum atomic E-state index is -0.455. The molecule has 0 aromatic heterocycles. The van der Waals surface area contributed by atoms with Gasteiger partial charge < -0.3 is 19.9 Å². The molecule has 0 bridgehead atoms. The largest absolute Gasteiger partial charge is 0.447 e. The van der Waals surface area contributed by atoms with Gasteiger partial charge in [-0.25, -0.2) is 9.59 Å². The number of hydrogen-bond donors (Lipinski definition) is 2. The summed E-state index contributed by atoms with van der Waals surface area (Å²) in [5.41, 5.74) is 0.448. The predicted molar refractivity (Wildman–Crippen MR) is 91.1 cm³/mol. The summed E-state index contributed by atoms with van der Waals surface area (Å²) in [6, 6.07) is 9.52. The molecule has 1 heterocycles. The Labute approximate surface area is 142 Å². The molecule has 1 aromatic rings. The highest BCUT2D eigenvalue weighted by atomic mass is 16.6. The summed E-state index contributed by atoms with van der Waals surface area (Å²) in [7, 11) is 0. The highest BCUT2D eigenvalue weighted by Gasteiger charge is 2.22. The molecule has 0 saturated carbocycles. The normalized spacial score (nSPS) is 13.7. The van der Waals surface area contributed by atoms with Crippen LogP contribution in [0.1, 0.15) is 27.2 Å². The number of aliphatic hydroxyl groups is 1. The average molecular weight is 338 g/mol. The summed E-state index contributed by atoms with van der Waals surface area (Å²) < 4.78 is 9.76. The monoisotopic (exact) mass is 338 g/mol. The molecule has 7 nitrogen and oxygen atoms in total. The number of benzene rings is 1. The molecule has 1 aliphatic rings. The van der Waals surface area contributed by atoms with E-state index in [1.807, 2.05) is 30.3 Å². The Hall–Kier alpha value is -2.28. The van der Waals surface area contributed by atoms with Crippen LogP contribution in [-0.4, -0.2) is 49.2 Å². The van der Waals surface area contributed by atoms with E-state index in [9.17, 15) is 9.59 Å². The number of nitrogens with one attached hydrogen (secondary N) is 1. The SMILES string of the molecule is CC(C)(C)OC(=O)NCCCO.O=C1OCCN1c1ccccc1. The van der Waals surface area contributed by atoms with Crippen molar-refractivity contribution < 1.29 is 24.2 Å². The van der Waals surface area contributed by atoms with Crippen molar-refractivity contribution >= 4 is 17.9 Å². The molecule has 2 rings (SSSR count). The van der Waals surface area contributed by atoms with E-state index in [4.69, 9.17) is 14.6 Å². The van der Waals surface area contributed by atoms with Crippen molar-refractivity contribution in [1.29, 1.82) is 0 Å². The number of cyclic esters (lactones) is 1. The minimum Gasteiger partial charge on any atom is -0.447 e. The third kappa shape index (κ3) is 7.82. The standard InChI is InChI=1S/C9H9NO2.C8H17NO3/c11-9-10(6-7-12-9)8-4-2-1-3-5-8;1-8(2,3)12-7(11)9-5-4-6-10/h1-5H,6-7H2;10H,4-6H2,1-3H3,(H,9,11). The number of amides is 2. The van der Waals surface area contributed by atoms with Crippen LogP contribution in [0.5, 0.6) is 0 Å². The number of anilines is 1. The molecule has 0 radical (unpaired) electrons. The van der Waals surface area contributed by atoms with Crippen LogP contribution >= 0.6 is 0 Å². The summed E-state index contributed by atoms with van der Waals surface area (Å²) in [5.74, 6) is 0. The second-order valence-corrected chi connectivity index (χ2v) is 6.11. The number of para-hydroxylation sites is 1. The molecule has 1 saturated heterocycles. The van der Waals surface area contributed by atoms with Gasteiger partial charge in [-0.05, 0) is 39.3 Å². The molecular weight excluding hydrogens is 312 g/mol. The van der Waals surface area contributed by atoms with Crippen molar-refractivity contribution in [2.45, 2.75) is 32.8 Å². The number of ether oxygens (including phenoxy) is 2. The second-order valence-electron chi connectivity index (χ2n) is 6.11. The molecule has 0 atom stereocenters. The van der Waals surface area contributed by atoms with Crippen molar-refractivity contribution in [1.82, 2.24) is 5.32 Å². The van der Waals surface area contributed by atoms with E-state index in [1.54, 1.807) is 25.7 Å². The molecule has 0 aliphatic carbocycles. The van der Waals surface area contributed by atoms with Gasteiger partial charge in [0.1, 0.15) is 12.2 Å². The maximum absolute atomic E-state index is 11.1. The molecule has 1 aromatic carbocycles. The van der Waals surface area contributed by atoms with Gasteiger partial charge in [0.05, 0.1) is 6.54 Å². The number of carbonyl (C=O) groups is 2. The molecular formula is C17H26N2O5. The maximum Gasteiger partial charge on any atom is 0.414 e. The lowest BCUT2D eigenvalue weighted by Gasteiger charge is -2.19. The fourth-order valence-electron chi connectivity index (χ4n) is 1.82. The van der Waals surface area contributed by atoms with Gasteiger partial charge in [-0.2, -0.15) is 0 Å². The summed E-state index contributed by atoms with van der Waals surface area (Å²) in [5, 5.41) is 10.9. The fourth-order valence-corrected chi connectivity index (χ4v) is 1.82. The van der Waals surface area contributed by atoms with E-state index >= 15 is 0 Å². The van der Waals surface area contributed by atoms with E-state index in [0.29, 0.717) is 26.1 Å². The maximum atomic E-state index is 11.1. The van der Waals surface area contributed by atoms with Crippen molar-refractivity contribution in [2.75, 3.05) is 31.2 Å². The van der Waals surface area contributed by atoms with Crippen LogP contribution in [0, 0.1) is 0 Å². The van der Waals surface area contributed by atoms with Gasteiger partial charge in [0, 0.05) is 18.8 Å². The van der Waals surface area contributed by atoms with Crippen LogP contribution in [0.3, 0.4) is 0 Å². The Kier molecular flexibility index (Phi) is 8.05. The van der Waals surface area contributed by atoms with Crippen LogP contribution in [0.2, 0.25) is 0 Å². The highest BCUT2D eigenvalue weighted by molar-refractivity contribution is 5.89. The smallest absolute Gasteiger partial charge is 0.414 e. The highest BCUT2D eigenvalue weighted by Crippen LogP contribution is 2.17. The fraction of sp³-hybridized carbons (Fsp3) is 0.529. The summed E-state index contributed by atoms with van der Waals surface area (Å²) in [4.78, 5) is 23.6. The van der Waals surface area contributed by atoms with E-state index in [-0.39, 0.29) is 12.7 Å². The summed E-state index contributed by atoms with van der Waals surface area (Å²) in [6.07, 6.45) is -0.128. The van der Waals surface area contributed by atoms with Crippen molar-refractivity contribution in [3.63, 3.8) is 0 Å². The molecule has 2 N–H and O–H groups in total. The topological polar surface area (TPSA) is 88.1 Å². The van der Waals surface area contributed by atoms with Crippen LogP contribution in [0.25, 0.3) is 0 Å². The van der Waals surface area contributed by atoms with E-state index in [0.717, 1.165) is 5.69 Å². The molecule has 0 unspecified atom stereocenters. The van der Waals surface area contributed by atoms with Crippen LogP contribution in [0.4, 0.5) is 15.3 Å².